The van der Waals surface area contributed by atoms with Crippen molar-refractivity contribution in [3.8, 4) is 0 Å². The van der Waals surface area contributed by atoms with Crippen LogP contribution in [0.4, 0.5) is 0 Å². The molecule has 3 rings (SSSR count). The van der Waals surface area contributed by atoms with Crippen LogP contribution in [0.25, 0.3) is 0 Å². The normalized spacial score (nSPS) is 16.5. The predicted octanol–water partition coefficient (Wildman–Crippen LogP) is 3.72. The van der Waals surface area contributed by atoms with E-state index in [2.05, 4.69) is 61.5 Å². The molecule has 0 unspecified atom stereocenters. The third kappa shape index (κ3) is 1.85. The van der Waals surface area contributed by atoms with Gasteiger partial charge in [0.15, 0.2) is 0 Å². The lowest BCUT2D eigenvalue weighted by atomic mass is 9.90. The van der Waals surface area contributed by atoms with Gasteiger partial charge >= 0.3 is 0 Å². The Balaban J connectivity index is 2.02. The summed E-state index contributed by atoms with van der Waals surface area (Å²) in [4.78, 5) is 0. The van der Waals surface area contributed by atoms with Gasteiger partial charge in [0.1, 0.15) is 5.60 Å². The standard InChI is InChI=1S/C17H18O/c1-2-18-17(16-10-4-3-5-11-16)12-14-8-6-7-9-15(14)13-17/h3-11H,2,12-13H2,1H3. The highest BCUT2D eigenvalue weighted by atomic mass is 16.5. The number of hydrogen-bond donors (Lipinski definition) is 0. The van der Waals surface area contributed by atoms with E-state index in [1.54, 1.807) is 0 Å². The molecule has 0 aliphatic heterocycles. The summed E-state index contributed by atoms with van der Waals surface area (Å²) < 4.78 is 6.16. The maximum atomic E-state index is 6.16. The van der Waals surface area contributed by atoms with Crippen molar-refractivity contribution in [3.05, 3.63) is 71.3 Å². The Bertz CT molecular complexity index is 505. The van der Waals surface area contributed by atoms with E-state index in [9.17, 15) is 0 Å². The fourth-order valence-electron chi connectivity index (χ4n) is 2.99. The van der Waals surface area contributed by atoms with Crippen LogP contribution >= 0.6 is 0 Å². The highest BCUT2D eigenvalue weighted by molar-refractivity contribution is 5.40. The molecule has 0 amide bonds. The monoisotopic (exact) mass is 238 g/mol. The quantitative estimate of drug-likeness (QED) is 0.792. The zero-order valence-corrected chi connectivity index (χ0v) is 10.7. The third-order valence-corrected chi connectivity index (χ3v) is 3.79. The summed E-state index contributed by atoms with van der Waals surface area (Å²) in [5.74, 6) is 0. The van der Waals surface area contributed by atoms with Crippen LogP contribution in [0, 0.1) is 0 Å². The average Bonchev–Trinajstić information content (AvgIpc) is 2.79. The zero-order valence-electron chi connectivity index (χ0n) is 10.7. The maximum Gasteiger partial charge on any atom is 0.101 e. The second-order valence-electron chi connectivity index (χ2n) is 4.92. The van der Waals surface area contributed by atoms with Gasteiger partial charge in [-0.3, -0.25) is 0 Å². The van der Waals surface area contributed by atoms with Crippen molar-refractivity contribution < 1.29 is 4.74 Å². The van der Waals surface area contributed by atoms with Crippen LogP contribution in [0.5, 0.6) is 0 Å². The topological polar surface area (TPSA) is 9.23 Å². The van der Waals surface area contributed by atoms with Crippen molar-refractivity contribution >= 4 is 0 Å². The predicted molar refractivity (Wildman–Crippen MR) is 73.6 cm³/mol. The van der Waals surface area contributed by atoms with Crippen molar-refractivity contribution in [3.63, 3.8) is 0 Å². The molecule has 0 saturated carbocycles. The van der Waals surface area contributed by atoms with Crippen molar-refractivity contribution in [2.75, 3.05) is 6.61 Å². The average molecular weight is 238 g/mol. The molecule has 0 heterocycles. The Morgan fingerprint density at radius 3 is 2.00 bits per heavy atom. The lowest BCUT2D eigenvalue weighted by Gasteiger charge is -2.29. The van der Waals surface area contributed by atoms with Gasteiger partial charge < -0.3 is 4.74 Å². The number of hydrogen-bond acceptors (Lipinski definition) is 1. The molecular formula is C17H18O. The number of fused-ring (bicyclic) bond motifs is 1. The van der Waals surface area contributed by atoms with Crippen molar-refractivity contribution in [2.24, 2.45) is 0 Å². The summed E-state index contributed by atoms with van der Waals surface area (Å²) in [6, 6.07) is 19.3. The van der Waals surface area contributed by atoms with E-state index < -0.39 is 0 Å². The molecule has 92 valence electrons. The van der Waals surface area contributed by atoms with Crippen LogP contribution in [0.3, 0.4) is 0 Å². The summed E-state index contributed by atoms with van der Waals surface area (Å²) in [6.45, 7) is 2.83. The Hall–Kier alpha value is -1.60. The van der Waals surface area contributed by atoms with Gasteiger partial charge in [0, 0.05) is 19.4 Å². The summed E-state index contributed by atoms with van der Waals surface area (Å²) in [7, 11) is 0. The first-order valence-corrected chi connectivity index (χ1v) is 6.60. The van der Waals surface area contributed by atoms with Gasteiger partial charge in [0.2, 0.25) is 0 Å². The van der Waals surface area contributed by atoms with Crippen LogP contribution in [-0.2, 0) is 23.2 Å². The molecule has 0 radical (unpaired) electrons. The highest BCUT2D eigenvalue weighted by Gasteiger charge is 2.39. The van der Waals surface area contributed by atoms with Gasteiger partial charge in [0.05, 0.1) is 0 Å². The fraction of sp³-hybridized carbons (Fsp3) is 0.294. The summed E-state index contributed by atoms with van der Waals surface area (Å²) in [5, 5.41) is 0. The van der Waals surface area contributed by atoms with Gasteiger partial charge in [-0.05, 0) is 23.6 Å². The Morgan fingerprint density at radius 1 is 0.889 bits per heavy atom. The van der Waals surface area contributed by atoms with Gasteiger partial charge in [-0.15, -0.1) is 0 Å². The van der Waals surface area contributed by atoms with E-state index in [1.807, 2.05) is 0 Å². The maximum absolute atomic E-state index is 6.16. The molecule has 0 fully saturated rings. The first-order chi connectivity index (χ1) is 8.84. The van der Waals surface area contributed by atoms with Crippen LogP contribution in [0.15, 0.2) is 54.6 Å². The van der Waals surface area contributed by atoms with E-state index in [1.165, 1.54) is 16.7 Å². The first-order valence-electron chi connectivity index (χ1n) is 6.60. The molecule has 1 aliphatic rings. The Kier molecular flexibility index (Phi) is 2.92. The number of rotatable bonds is 3. The molecule has 0 atom stereocenters. The molecule has 0 saturated heterocycles. The Morgan fingerprint density at radius 2 is 1.44 bits per heavy atom. The minimum Gasteiger partial charge on any atom is -0.370 e. The molecule has 1 heteroatoms. The molecule has 0 spiro atoms. The Labute approximate surface area is 108 Å². The molecule has 2 aromatic rings. The van der Waals surface area contributed by atoms with Crippen molar-refractivity contribution in [1.82, 2.24) is 0 Å². The van der Waals surface area contributed by atoms with E-state index in [0.29, 0.717) is 0 Å². The summed E-state index contributed by atoms with van der Waals surface area (Å²) >= 11 is 0. The lowest BCUT2D eigenvalue weighted by Crippen LogP contribution is -2.30. The molecule has 0 aromatic heterocycles. The minimum absolute atomic E-state index is 0.153. The molecule has 1 nitrogen and oxygen atoms in total. The van der Waals surface area contributed by atoms with Crippen LogP contribution in [-0.4, -0.2) is 6.61 Å². The van der Waals surface area contributed by atoms with E-state index >= 15 is 0 Å². The smallest absolute Gasteiger partial charge is 0.101 e. The molecular weight excluding hydrogens is 220 g/mol. The van der Waals surface area contributed by atoms with E-state index in [4.69, 9.17) is 4.74 Å². The van der Waals surface area contributed by atoms with E-state index in [0.717, 1.165) is 19.4 Å². The van der Waals surface area contributed by atoms with E-state index in [-0.39, 0.29) is 5.60 Å². The van der Waals surface area contributed by atoms with Gasteiger partial charge in [-0.1, -0.05) is 54.6 Å². The lowest BCUT2D eigenvalue weighted by molar-refractivity contribution is -0.0363. The molecule has 0 N–H and O–H groups in total. The zero-order chi connectivity index (χ0) is 12.4. The minimum atomic E-state index is -0.153. The van der Waals surface area contributed by atoms with Crippen LogP contribution < -0.4 is 0 Å². The summed E-state index contributed by atoms with van der Waals surface area (Å²) in [5.41, 5.74) is 3.99. The van der Waals surface area contributed by atoms with Crippen LogP contribution in [0.1, 0.15) is 23.6 Å². The van der Waals surface area contributed by atoms with Crippen molar-refractivity contribution in [2.45, 2.75) is 25.4 Å². The molecule has 0 bridgehead atoms. The van der Waals surface area contributed by atoms with Crippen molar-refractivity contribution in [1.29, 1.82) is 0 Å². The van der Waals surface area contributed by atoms with Gasteiger partial charge in [-0.25, -0.2) is 0 Å². The molecule has 1 aliphatic carbocycles. The van der Waals surface area contributed by atoms with Crippen LogP contribution in [0.2, 0.25) is 0 Å². The second-order valence-corrected chi connectivity index (χ2v) is 4.92. The fourth-order valence-corrected chi connectivity index (χ4v) is 2.99. The summed E-state index contributed by atoms with van der Waals surface area (Å²) in [6.07, 6.45) is 1.97. The second kappa shape index (κ2) is 4.58. The number of benzene rings is 2. The highest BCUT2D eigenvalue weighted by Crippen LogP contribution is 2.40. The van der Waals surface area contributed by atoms with Gasteiger partial charge in [-0.2, -0.15) is 0 Å². The largest absolute Gasteiger partial charge is 0.370 e. The third-order valence-electron chi connectivity index (χ3n) is 3.79. The molecule has 18 heavy (non-hydrogen) atoms. The first kappa shape index (κ1) is 11.5. The number of ether oxygens (including phenoxy) is 1. The van der Waals surface area contributed by atoms with Gasteiger partial charge in [0.25, 0.3) is 0 Å². The molecule has 2 aromatic carbocycles. The SMILES string of the molecule is CCOC1(c2ccccc2)Cc2ccccc2C1.